The predicted octanol–water partition coefficient (Wildman–Crippen LogP) is 3.52. The molecule has 0 aliphatic heterocycles. The first-order valence-electron chi connectivity index (χ1n) is 9.21. The molecule has 1 aliphatic carbocycles. The topological polar surface area (TPSA) is 88.5 Å². The molecule has 0 spiro atoms. The number of pyridine rings is 1. The van der Waals surface area contributed by atoms with E-state index >= 15 is 0 Å². The number of carbonyl (C=O) groups excluding carboxylic acids is 1. The maximum absolute atomic E-state index is 12.7. The summed E-state index contributed by atoms with van der Waals surface area (Å²) in [6.07, 6.45) is 7.32. The van der Waals surface area contributed by atoms with Crippen LogP contribution in [0.25, 0.3) is 11.1 Å². The average Bonchev–Trinajstić information content (AvgIpc) is 2.93. The maximum atomic E-state index is 12.7. The molecule has 1 saturated carbocycles. The predicted molar refractivity (Wildman–Crippen MR) is 102 cm³/mol. The van der Waals surface area contributed by atoms with Crippen LogP contribution in [0.2, 0.25) is 0 Å². The van der Waals surface area contributed by atoms with Crippen molar-refractivity contribution in [3.8, 4) is 16.9 Å². The van der Waals surface area contributed by atoms with E-state index in [4.69, 9.17) is 4.74 Å². The Morgan fingerprint density at radius 1 is 1.07 bits per heavy atom. The molecule has 1 heterocycles. The van der Waals surface area contributed by atoms with Crippen LogP contribution in [0.1, 0.15) is 42.5 Å². The van der Waals surface area contributed by atoms with E-state index in [-0.39, 0.29) is 11.9 Å². The number of methoxy groups -OCH3 is 1. The van der Waals surface area contributed by atoms with Crippen molar-refractivity contribution in [2.75, 3.05) is 7.11 Å². The van der Waals surface area contributed by atoms with Gasteiger partial charge in [-0.25, -0.2) is 0 Å². The molecule has 1 aliphatic rings. The molecule has 2 N–H and O–H groups in total. The average molecular weight is 368 g/mol. The summed E-state index contributed by atoms with van der Waals surface area (Å²) in [6, 6.07) is 8.95. The van der Waals surface area contributed by atoms with E-state index in [2.05, 4.69) is 10.3 Å². The zero-order chi connectivity index (χ0) is 19.2. The highest BCUT2D eigenvalue weighted by molar-refractivity contribution is 5.95. The fourth-order valence-electron chi connectivity index (χ4n) is 3.53. The van der Waals surface area contributed by atoms with Gasteiger partial charge in [-0.2, -0.15) is 0 Å². The van der Waals surface area contributed by atoms with Crippen LogP contribution in [-0.2, 0) is 4.79 Å². The Bertz CT molecular complexity index is 804. The van der Waals surface area contributed by atoms with Gasteiger partial charge in [0, 0.05) is 24.0 Å². The van der Waals surface area contributed by atoms with E-state index in [1.54, 1.807) is 19.4 Å². The summed E-state index contributed by atoms with van der Waals surface area (Å²) in [5.74, 6) is -0.897. The van der Waals surface area contributed by atoms with Crippen molar-refractivity contribution in [2.45, 2.75) is 38.1 Å². The normalized spacial score (nSPS) is 19.7. The summed E-state index contributed by atoms with van der Waals surface area (Å²) < 4.78 is 5.16. The maximum Gasteiger partial charge on any atom is 0.308 e. The Balaban J connectivity index is 1.77. The second-order valence-electron chi connectivity index (χ2n) is 6.85. The standard InChI is InChI=1S/C21H24N2O4/c1-27-17-9-7-14(8-10-17)15-11-16(13-22-12-15)20(24)23-19-6-4-2-3-5-18(19)21(25)26/h7-13,18-19H,2-6H2,1H3,(H,23,24)(H,25,26)/t18-,19+/m1/s1. The number of carboxylic acid groups (broad SMARTS) is 1. The molecule has 0 radical (unpaired) electrons. The minimum absolute atomic E-state index is 0.281. The van der Waals surface area contributed by atoms with Gasteiger partial charge in [0.2, 0.25) is 0 Å². The van der Waals surface area contributed by atoms with Crippen molar-refractivity contribution in [1.82, 2.24) is 10.3 Å². The largest absolute Gasteiger partial charge is 0.497 e. The SMILES string of the molecule is COc1ccc(-c2cncc(C(=O)N[C@H]3CCCCC[C@H]3C(=O)O)c2)cc1. The van der Waals surface area contributed by atoms with Gasteiger partial charge in [-0.15, -0.1) is 0 Å². The number of rotatable bonds is 5. The number of carboxylic acids is 1. The van der Waals surface area contributed by atoms with Crippen LogP contribution in [0.4, 0.5) is 0 Å². The van der Waals surface area contributed by atoms with Crippen molar-refractivity contribution < 1.29 is 19.4 Å². The van der Waals surface area contributed by atoms with Gasteiger partial charge >= 0.3 is 5.97 Å². The highest BCUT2D eigenvalue weighted by Crippen LogP contribution is 2.25. The Morgan fingerprint density at radius 2 is 1.81 bits per heavy atom. The van der Waals surface area contributed by atoms with Crippen molar-refractivity contribution in [2.24, 2.45) is 5.92 Å². The number of nitrogens with one attached hydrogen (secondary N) is 1. The van der Waals surface area contributed by atoms with Crippen LogP contribution < -0.4 is 10.1 Å². The highest BCUT2D eigenvalue weighted by atomic mass is 16.5. The molecule has 142 valence electrons. The lowest BCUT2D eigenvalue weighted by atomic mass is 9.94. The third-order valence-electron chi connectivity index (χ3n) is 5.07. The third kappa shape index (κ3) is 4.64. The van der Waals surface area contributed by atoms with Crippen LogP contribution in [0.15, 0.2) is 42.7 Å². The summed E-state index contributed by atoms with van der Waals surface area (Å²) >= 11 is 0. The number of benzene rings is 1. The third-order valence-corrected chi connectivity index (χ3v) is 5.07. The fraction of sp³-hybridized carbons (Fsp3) is 0.381. The van der Waals surface area contributed by atoms with Crippen molar-refractivity contribution in [1.29, 1.82) is 0 Å². The Labute approximate surface area is 158 Å². The lowest BCUT2D eigenvalue weighted by molar-refractivity contribution is -0.142. The number of carbonyl (C=O) groups is 2. The molecule has 6 nitrogen and oxygen atoms in total. The monoisotopic (exact) mass is 368 g/mol. The molecule has 0 bridgehead atoms. The van der Waals surface area contributed by atoms with E-state index in [9.17, 15) is 14.7 Å². The molecule has 2 atom stereocenters. The molecule has 3 rings (SSSR count). The number of amides is 1. The first-order valence-corrected chi connectivity index (χ1v) is 9.21. The highest BCUT2D eigenvalue weighted by Gasteiger charge is 2.30. The second-order valence-corrected chi connectivity index (χ2v) is 6.85. The van der Waals surface area contributed by atoms with Gasteiger partial charge in [0.05, 0.1) is 18.6 Å². The van der Waals surface area contributed by atoms with Crippen LogP contribution in [-0.4, -0.2) is 35.1 Å². The van der Waals surface area contributed by atoms with E-state index < -0.39 is 11.9 Å². The lowest BCUT2D eigenvalue weighted by Crippen LogP contribution is -2.42. The summed E-state index contributed by atoms with van der Waals surface area (Å²) in [7, 11) is 1.61. The van der Waals surface area contributed by atoms with E-state index in [1.165, 1.54) is 6.20 Å². The second kappa shape index (κ2) is 8.66. The van der Waals surface area contributed by atoms with Gasteiger partial charge in [0.1, 0.15) is 5.75 Å². The van der Waals surface area contributed by atoms with Gasteiger partial charge < -0.3 is 15.2 Å². The van der Waals surface area contributed by atoms with Crippen LogP contribution in [0.3, 0.4) is 0 Å². The minimum atomic E-state index is -0.840. The minimum Gasteiger partial charge on any atom is -0.497 e. The molecule has 27 heavy (non-hydrogen) atoms. The first-order chi connectivity index (χ1) is 13.1. The van der Waals surface area contributed by atoms with Crippen LogP contribution >= 0.6 is 0 Å². The Hall–Kier alpha value is -2.89. The Kier molecular flexibility index (Phi) is 6.06. The Morgan fingerprint density at radius 3 is 2.52 bits per heavy atom. The number of hydrogen-bond donors (Lipinski definition) is 2. The van der Waals surface area contributed by atoms with Gasteiger partial charge in [0.15, 0.2) is 0 Å². The molecular weight excluding hydrogens is 344 g/mol. The molecule has 0 unspecified atom stereocenters. The molecule has 1 aromatic heterocycles. The molecule has 6 heteroatoms. The zero-order valence-electron chi connectivity index (χ0n) is 15.4. The van der Waals surface area contributed by atoms with Crippen LogP contribution in [0, 0.1) is 5.92 Å². The fourth-order valence-corrected chi connectivity index (χ4v) is 3.53. The van der Waals surface area contributed by atoms with Crippen molar-refractivity contribution in [3.05, 3.63) is 48.3 Å². The van der Waals surface area contributed by atoms with E-state index in [0.29, 0.717) is 18.4 Å². The van der Waals surface area contributed by atoms with Crippen LogP contribution in [0.5, 0.6) is 5.75 Å². The van der Waals surface area contributed by atoms with Gasteiger partial charge in [0.25, 0.3) is 5.91 Å². The molecule has 0 saturated heterocycles. The number of nitrogens with zero attached hydrogens (tertiary/aromatic N) is 1. The van der Waals surface area contributed by atoms with Gasteiger partial charge in [-0.05, 0) is 36.6 Å². The number of aromatic nitrogens is 1. The van der Waals surface area contributed by atoms with Gasteiger partial charge in [-0.3, -0.25) is 14.6 Å². The summed E-state index contributed by atoms with van der Waals surface area (Å²) in [6.45, 7) is 0. The van der Waals surface area contributed by atoms with E-state index in [1.807, 2.05) is 24.3 Å². The molecule has 1 amide bonds. The number of hydrogen-bond acceptors (Lipinski definition) is 4. The number of ether oxygens (including phenoxy) is 1. The zero-order valence-corrected chi connectivity index (χ0v) is 15.4. The summed E-state index contributed by atoms with van der Waals surface area (Å²) in [5.41, 5.74) is 2.17. The molecule has 2 aromatic rings. The molecule has 1 fully saturated rings. The van der Waals surface area contributed by atoms with Crippen molar-refractivity contribution >= 4 is 11.9 Å². The first kappa shape index (κ1) is 18.9. The lowest BCUT2D eigenvalue weighted by Gasteiger charge is -2.23. The van der Waals surface area contributed by atoms with E-state index in [0.717, 1.165) is 36.1 Å². The quantitative estimate of drug-likeness (QED) is 0.788. The van der Waals surface area contributed by atoms with Gasteiger partial charge in [-0.1, -0.05) is 31.4 Å². The smallest absolute Gasteiger partial charge is 0.308 e. The van der Waals surface area contributed by atoms with Crippen molar-refractivity contribution in [3.63, 3.8) is 0 Å². The summed E-state index contributed by atoms with van der Waals surface area (Å²) in [5, 5.41) is 12.4. The molecular formula is C21H24N2O4. The summed E-state index contributed by atoms with van der Waals surface area (Å²) in [4.78, 5) is 28.4. The molecule has 1 aromatic carbocycles. The number of aliphatic carboxylic acids is 1.